The first-order valence-electron chi connectivity index (χ1n) is 9.43. The lowest BCUT2D eigenvalue weighted by Crippen LogP contribution is -2.37. The summed E-state index contributed by atoms with van der Waals surface area (Å²) in [5.41, 5.74) is 2.70. The van der Waals surface area contributed by atoms with Crippen molar-refractivity contribution in [1.29, 1.82) is 0 Å². The van der Waals surface area contributed by atoms with Crippen molar-refractivity contribution in [2.75, 3.05) is 5.32 Å². The molecule has 3 heterocycles. The maximum atomic E-state index is 14.2. The molecule has 1 aliphatic rings. The average molecular weight is 421 g/mol. The van der Waals surface area contributed by atoms with Crippen molar-refractivity contribution in [3.05, 3.63) is 106 Å². The SMILES string of the molecule is O=C(Nc1cc(F)ccc1F)N1Cc2ccccc2-n2cccc2[C@H]1c1cccs1. The topological polar surface area (TPSA) is 37.3 Å². The first-order valence-corrected chi connectivity index (χ1v) is 10.3. The summed E-state index contributed by atoms with van der Waals surface area (Å²) in [6.07, 6.45) is 1.97. The van der Waals surface area contributed by atoms with Gasteiger partial charge < -0.3 is 14.8 Å². The normalized spacial score (nSPS) is 15.3. The average Bonchev–Trinajstić information content (AvgIpc) is 3.42. The first kappa shape index (κ1) is 18.6. The van der Waals surface area contributed by atoms with Crippen LogP contribution in [0.5, 0.6) is 0 Å². The molecular formula is C23H17F2N3OS. The number of hydrogen-bond acceptors (Lipinski definition) is 2. The number of hydrogen-bond donors (Lipinski definition) is 1. The van der Waals surface area contributed by atoms with Crippen LogP contribution in [0.4, 0.5) is 19.3 Å². The number of para-hydroxylation sites is 1. The molecule has 5 rings (SSSR count). The fourth-order valence-corrected chi connectivity index (χ4v) is 4.71. The molecule has 0 bridgehead atoms. The Balaban J connectivity index is 1.62. The van der Waals surface area contributed by atoms with Gasteiger partial charge in [-0.15, -0.1) is 11.3 Å². The van der Waals surface area contributed by atoms with Gasteiger partial charge in [0.1, 0.15) is 17.7 Å². The molecule has 0 saturated carbocycles. The second-order valence-corrected chi connectivity index (χ2v) is 8.01. The number of anilines is 1. The molecule has 0 aliphatic carbocycles. The number of rotatable bonds is 2. The van der Waals surface area contributed by atoms with E-state index in [2.05, 4.69) is 9.88 Å². The van der Waals surface area contributed by atoms with E-state index in [0.29, 0.717) is 6.54 Å². The third-order valence-corrected chi connectivity index (χ3v) is 6.13. The van der Waals surface area contributed by atoms with Gasteiger partial charge in [-0.2, -0.15) is 0 Å². The molecule has 0 saturated heterocycles. The number of thiophene rings is 1. The summed E-state index contributed by atoms with van der Waals surface area (Å²) in [7, 11) is 0. The summed E-state index contributed by atoms with van der Waals surface area (Å²) in [5, 5.41) is 4.52. The Morgan fingerprint density at radius 1 is 1.03 bits per heavy atom. The fraction of sp³-hybridized carbons (Fsp3) is 0.0870. The third kappa shape index (κ3) is 3.17. The summed E-state index contributed by atoms with van der Waals surface area (Å²) in [6, 6.07) is 17.9. The molecule has 0 unspecified atom stereocenters. The predicted molar refractivity (Wildman–Crippen MR) is 113 cm³/mol. The minimum Gasteiger partial charge on any atom is -0.318 e. The molecule has 30 heavy (non-hydrogen) atoms. The van der Waals surface area contributed by atoms with Crippen molar-refractivity contribution >= 4 is 23.1 Å². The second-order valence-electron chi connectivity index (χ2n) is 7.03. The van der Waals surface area contributed by atoms with E-state index in [-0.39, 0.29) is 11.7 Å². The quantitative estimate of drug-likeness (QED) is 0.426. The van der Waals surface area contributed by atoms with Gasteiger partial charge in [0, 0.05) is 17.1 Å². The van der Waals surface area contributed by atoms with Crippen LogP contribution in [0.1, 0.15) is 22.2 Å². The molecule has 0 spiro atoms. The smallest absolute Gasteiger partial charge is 0.318 e. The van der Waals surface area contributed by atoms with Crippen molar-refractivity contribution in [3.63, 3.8) is 0 Å². The number of nitrogens with one attached hydrogen (secondary N) is 1. The van der Waals surface area contributed by atoms with Crippen molar-refractivity contribution in [1.82, 2.24) is 9.47 Å². The molecule has 7 heteroatoms. The minimum atomic E-state index is -0.684. The lowest BCUT2D eigenvalue weighted by molar-refractivity contribution is 0.195. The molecule has 2 aromatic heterocycles. The van der Waals surface area contributed by atoms with E-state index in [0.717, 1.165) is 40.0 Å². The van der Waals surface area contributed by atoms with Crippen LogP contribution in [0.2, 0.25) is 0 Å². The van der Waals surface area contributed by atoms with Crippen molar-refractivity contribution < 1.29 is 13.6 Å². The van der Waals surface area contributed by atoms with Crippen LogP contribution < -0.4 is 5.32 Å². The summed E-state index contributed by atoms with van der Waals surface area (Å²) in [4.78, 5) is 16.0. The second kappa shape index (κ2) is 7.42. The maximum absolute atomic E-state index is 14.2. The molecule has 150 valence electrons. The fourth-order valence-electron chi connectivity index (χ4n) is 3.87. The number of carbonyl (C=O) groups excluding carboxylic acids is 1. The van der Waals surface area contributed by atoms with Crippen molar-refractivity contribution in [3.8, 4) is 5.69 Å². The molecule has 2 aromatic carbocycles. The number of benzene rings is 2. The van der Waals surface area contributed by atoms with Gasteiger partial charge in [-0.25, -0.2) is 13.6 Å². The molecule has 4 nitrogen and oxygen atoms in total. The van der Waals surface area contributed by atoms with Crippen LogP contribution in [-0.2, 0) is 6.54 Å². The Labute approximate surface area is 176 Å². The maximum Gasteiger partial charge on any atom is 0.323 e. The van der Waals surface area contributed by atoms with E-state index in [4.69, 9.17) is 0 Å². The van der Waals surface area contributed by atoms with Gasteiger partial charge in [0.05, 0.1) is 23.6 Å². The zero-order valence-electron chi connectivity index (χ0n) is 15.8. The van der Waals surface area contributed by atoms with E-state index in [9.17, 15) is 13.6 Å². The lowest BCUT2D eigenvalue weighted by atomic mass is 10.1. The third-order valence-electron chi connectivity index (χ3n) is 5.21. The number of aromatic nitrogens is 1. The lowest BCUT2D eigenvalue weighted by Gasteiger charge is -2.30. The highest BCUT2D eigenvalue weighted by molar-refractivity contribution is 7.10. The highest BCUT2D eigenvalue weighted by atomic mass is 32.1. The molecule has 0 radical (unpaired) electrons. The zero-order valence-corrected chi connectivity index (χ0v) is 16.6. The molecule has 2 amide bonds. The van der Waals surface area contributed by atoms with Gasteiger partial charge in [0.2, 0.25) is 0 Å². The molecule has 4 aromatic rings. The van der Waals surface area contributed by atoms with Crippen LogP contribution >= 0.6 is 11.3 Å². The Bertz CT molecular complexity index is 1220. The number of urea groups is 1. The Morgan fingerprint density at radius 3 is 2.73 bits per heavy atom. The van der Waals surface area contributed by atoms with Gasteiger partial charge in [-0.1, -0.05) is 24.3 Å². The summed E-state index contributed by atoms with van der Waals surface area (Å²) < 4.78 is 29.9. The number of amides is 2. The molecule has 1 atom stereocenters. The van der Waals surface area contributed by atoms with Gasteiger partial charge in [-0.3, -0.25) is 0 Å². The monoisotopic (exact) mass is 421 g/mol. The highest BCUT2D eigenvalue weighted by Gasteiger charge is 2.33. The Morgan fingerprint density at radius 2 is 1.90 bits per heavy atom. The van der Waals surface area contributed by atoms with Crippen LogP contribution in [0.25, 0.3) is 5.69 Å². The Kier molecular flexibility index (Phi) is 4.59. The number of carbonyl (C=O) groups is 1. The van der Waals surface area contributed by atoms with Crippen LogP contribution in [0.15, 0.2) is 78.3 Å². The minimum absolute atomic E-state index is 0.183. The van der Waals surface area contributed by atoms with E-state index in [1.54, 1.807) is 16.2 Å². The number of halogens is 2. The summed E-state index contributed by atoms with van der Waals surface area (Å²) in [6.45, 7) is 0.323. The van der Waals surface area contributed by atoms with Crippen LogP contribution in [-0.4, -0.2) is 15.5 Å². The van der Waals surface area contributed by atoms with Gasteiger partial charge in [0.25, 0.3) is 0 Å². The Hall–Kier alpha value is -3.45. The largest absolute Gasteiger partial charge is 0.323 e. The summed E-state index contributed by atoms with van der Waals surface area (Å²) >= 11 is 1.55. The van der Waals surface area contributed by atoms with E-state index in [1.807, 2.05) is 60.1 Å². The molecule has 0 fully saturated rings. The van der Waals surface area contributed by atoms with Gasteiger partial charge in [-0.05, 0) is 47.3 Å². The van der Waals surface area contributed by atoms with Crippen LogP contribution in [0.3, 0.4) is 0 Å². The van der Waals surface area contributed by atoms with Gasteiger partial charge in [0.15, 0.2) is 0 Å². The predicted octanol–water partition coefficient (Wildman–Crippen LogP) is 5.95. The number of nitrogens with zero attached hydrogens (tertiary/aromatic N) is 2. The van der Waals surface area contributed by atoms with Crippen molar-refractivity contribution in [2.24, 2.45) is 0 Å². The van der Waals surface area contributed by atoms with Crippen molar-refractivity contribution in [2.45, 2.75) is 12.6 Å². The van der Waals surface area contributed by atoms with E-state index < -0.39 is 17.7 Å². The van der Waals surface area contributed by atoms with E-state index >= 15 is 0 Å². The number of fused-ring (bicyclic) bond motifs is 3. The highest BCUT2D eigenvalue weighted by Crippen LogP contribution is 2.38. The summed E-state index contributed by atoms with van der Waals surface area (Å²) in [5.74, 6) is -1.30. The molecule has 1 aliphatic heterocycles. The standard InChI is InChI=1S/C23H17F2N3OS/c24-16-9-10-17(25)18(13-16)26-23(29)28-14-15-5-1-2-6-19(15)27-11-3-7-20(27)22(28)21-8-4-12-30-21/h1-13,22H,14H2,(H,26,29)/t22-/m0/s1. The van der Waals surface area contributed by atoms with Gasteiger partial charge >= 0.3 is 6.03 Å². The molecular weight excluding hydrogens is 404 g/mol. The van der Waals surface area contributed by atoms with Crippen LogP contribution in [0, 0.1) is 11.6 Å². The molecule has 1 N–H and O–H groups in total. The zero-order chi connectivity index (χ0) is 20.7. The first-order chi connectivity index (χ1) is 14.6. The van der Waals surface area contributed by atoms with E-state index in [1.165, 1.54) is 0 Å².